The zero-order chi connectivity index (χ0) is 18.6. The number of carbonyl (C=O) groups excluding carboxylic acids is 1. The van der Waals surface area contributed by atoms with Gasteiger partial charge in [0.1, 0.15) is 17.2 Å². The number of nitrogens with one attached hydrogen (secondary N) is 2. The van der Waals surface area contributed by atoms with E-state index in [1.807, 2.05) is 0 Å². The van der Waals surface area contributed by atoms with E-state index in [0.717, 1.165) is 12.1 Å². The van der Waals surface area contributed by atoms with Crippen molar-refractivity contribution >= 4 is 16.0 Å². The summed E-state index contributed by atoms with van der Waals surface area (Å²) < 4.78 is 58.3. The number of carbonyl (C=O) groups is 1. The number of aryl methyl sites for hydroxylation is 1. The molecule has 2 N–H and O–H groups in total. The first-order valence-corrected chi connectivity index (χ1v) is 8.95. The molecule has 2 aromatic rings. The van der Waals surface area contributed by atoms with Crippen LogP contribution < -0.4 is 4.72 Å². The summed E-state index contributed by atoms with van der Waals surface area (Å²) in [5, 5.41) is 5.67. The number of rotatable bonds is 7. The lowest BCUT2D eigenvalue weighted by Gasteiger charge is -2.08. The second kappa shape index (κ2) is 7.70. The summed E-state index contributed by atoms with van der Waals surface area (Å²) in [6, 6.07) is 2.68. The fraction of sp³-hybridized carbons (Fsp3) is 0.333. The van der Waals surface area contributed by atoms with Crippen molar-refractivity contribution in [3.8, 4) is 0 Å². The lowest BCUT2D eigenvalue weighted by atomic mass is 10.2. The summed E-state index contributed by atoms with van der Waals surface area (Å²) >= 11 is 0. The van der Waals surface area contributed by atoms with E-state index in [9.17, 15) is 22.0 Å². The van der Waals surface area contributed by atoms with E-state index in [1.165, 1.54) is 0 Å². The van der Waals surface area contributed by atoms with E-state index < -0.39 is 32.7 Å². The lowest BCUT2D eigenvalue weighted by Crippen LogP contribution is -2.26. The van der Waals surface area contributed by atoms with Gasteiger partial charge < -0.3 is 4.74 Å². The molecule has 0 atom stereocenters. The van der Waals surface area contributed by atoms with Crippen LogP contribution in [0.25, 0.3) is 0 Å². The van der Waals surface area contributed by atoms with Gasteiger partial charge in [-0.05, 0) is 31.0 Å². The lowest BCUT2D eigenvalue weighted by molar-refractivity contribution is 0.0520. The van der Waals surface area contributed by atoms with Crippen LogP contribution in [-0.2, 0) is 27.7 Å². The van der Waals surface area contributed by atoms with Gasteiger partial charge in [-0.1, -0.05) is 6.92 Å². The SMILES string of the molecule is CCOC(=O)c1c(S(=O)(=O)NCc2cc(F)cc(F)c2)n[nH]c1CC. The maximum atomic E-state index is 13.2. The van der Waals surface area contributed by atoms with Crippen LogP contribution in [0.1, 0.15) is 35.5 Å². The number of hydrogen-bond acceptors (Lipinski definition) is 5. The van der Waals surface area contributed by atoms with Crippen LogP contribution in [0, 0.1) is 11.6 Å². The average molecular weight is 373 g/mol. The minimum Gasteiger partial charge on any atom is -0.462 e. The van der Waals surface area contributed by atoms with Gasteiger partial charge in [0, 0.05) is 12.6 Å². The Morgan fingerprint density at radius 2 is 1.88 bits per heavy atom. The van der Waals surface area contributed by atoms with Crippen molar-refractivity contribution in [2.75, 3.05) is 6.61 Å². The smallest absolute Gasteiger partial charge is 0.343 e. The summed E-state index contributed by atoms with van der Waals surface area (Å²) in [7, 11) is -4.21. The number of aromatic nitrogens is 2. The van der Waals surface area contributed by atoms with Gasteiger partial charge in [0.15, 0.2) is 0 Å². The minimum absolute atomic E-state index is 0.0721. The van der Waals surface area contributed by atoms with E-state index in [2.05, 4.69) is 14.9 Å². The highest BCUT2D eigenvalue weighted by Crippen LogP contribution is 2.19. The predicted octanol–water partition coefficient (Wildman–Crippen LogP) is 1.91. The van der Waals surface area contributed by atoms with Crippen LogP contribution in [0.4, 0.5) is 8.78 Å². The predicted molar refractivity (Wildman–Crippen MR) is 84.3 cm³/mol. The maximum absolute atomic E-state index is 13.2. The Hall–Kier alpha value is -2.33. The summed E-state index contributed by atoms with van der Waals surface area (Å²) in [5.74, 6) is -2.46. The number of sulfonamides is 1. The Bertz CT molecular complexity index is 861. The maximum Gasteiger partial charge on any atom is 0.343 e. The van der Waals surface area contributed by atoms with E-state index >= 15 is 0 Å². The second-order valence-corrected chi connectivity index (χ2v) is 6.74. The van der Waals surface area contributed by atoms with Gasteiger partial charge in [-0.2, -0.15) is 5.10 Å². The number of esters is 1. The Morgan fingerprint density at radius 3 is 2.44 bits per heavy atom. The number of ether oxygens (including phenoxy) is 1. The Labute approximate surface area is 143 Å². The third-order valence-corrected chi connectivity index (χ3v) is 4.61. The quantitative estimate of drug-likeness (QED) is 0.722. The Kier molecular flexibility index (Phi) is 5.85. The fourth-order valence-corrected chi connectivity index (χ4v) is 3.32. The van der Waals surface area contributed by atoms with E-state index in [-0.39, 0.29) is 24.3 Å². The molecule has 1 heterocycles. The molecule has 0 unspecified atom stereocenters. The van der Waals surface area contributed by atoms with Crippen LogP contribution in [0.3, 0.4) is 0 Å². The van der Waals surface area contributed by atoms with Gasteiger partial charge in [0.2, 0.25) is 5.03 Å². The average Bonchev–Trinajstić information content (AvgIpc) is 2.97. The number of hydrogen-bond donors (Lipinski definition) is 2. The van der Waals surface area contributed by atoms with Crippen LogP contribution in [0.2, 0.25) is 0 Å². The van der Waals surface area contributed by atoms with Crippen LogP contribution in [-0.4, -0.2) is 31.2 Å². The normalized spacial score (nSPS) is 11.5. The van der Waals surface area contributed by atoms with Gasteiger partial charge in [-0.3, -0.25) is 5.10 Å². The minimum atomic E-state index is -4.21. The third kappa shape index (κ3) is 4.40. The molecule has 0 aliphatic carbocycles. The Morgan fingerprint density at radius 1 is 1.24 bits per heavy atom. The van der Waals surface area contributed by atoms with Gasteiger partial charge in [0.25, 0.3) is 10.0 Å². The second-order valence-electron chi connectivity index (χ2n) is 5.06. The van der Waals surface area contributed by atoms with E-state index in [4.69, 9.17) is 4.74 Å². The molecule has 0 spiro atoms. The van der Waals surface area contributed by atoms with Crippen molar-refractivity contribution in [1.29, 1.82) is 0 Å². The first-order chi connectivity index (χ1) is 11.8. The van der Waals surface area contributed by atoms with Crippen LogP contribution in [0.15, 0.2) is 23.2 Å². The largest absolute Gasteiger partial charge is 0.462 e. The molecular weight excluding hydrogens is 356 g/mol. The van der Waals surface area contributed by atoms with Crippen molar-refractivity contribution in [1.82, 2.24) is 14.9 Å². The molecule has 0 aliphatic heterocycles. The zero-order valence-corrected chi connectivity index (χ0v) is 14.4. The summed E-state index contributed by atoms with van der Waals surface area (Å²) in [4.78, 5) is 12.0. The molecule has 0 fully saturated rings. The number of H-pyrrole nitrogens is 1. The van der Waals surface area contributed by atoms with E-state index in [0.29, 0.717) is 18.2 Å². The highest BCUT2D eigenvalue weighted by molar-refractivity contribution is 7.89. The molecule has 0 saturated heterocycles. The van der Waals surface area contributed by atoms with Crippen molar-refractivity contribution in [2.24, 2.45) is 0 Å². The van der Waals surface area contributed by atoms with E-state index in [1.54, 1.807) is 13.8 Å². The summed E-state index contributed by atoms with van der Waals surface area (Å²) in [5.41, 5.74) is 0.225. The van der Waals surface area contributed by atoms with Crippen LogP contribution >= 0.6 is 0 Å². The first kappa shape index (κ1) is 19.0. The van der Waals surface area contributed by atoms with Crippen molar-refractivity contribution in [2.45, 2.75) is 31.8 Å². The van der Waals surface area contributed by atoms with Gasteiger partial charge in [0.05, 0.1) is 12.3 Å². The molecule has 0 radical (unpaired) electrons. The first-order valence-electron chi connectivity index (χ1n) is 7.47. The number of benzene rings is 1. The third-order valence-electron chi connectivity index (χ3n) is 3.28. The molecule has 1 aromatic heterocycles. The van der Waals surface area contributed by atoms with Crippen molar-refractivity contribution in [3.63, 3.8) is 0 Å². The molecule has 0 amide bonds. The highest BCUT2D eigenvalue weighted by atomic mass is 32.2. The molecule has 0 bridgehead atoms. The summed E-state index contributed by atoms with van der Waals surface area (Å²) in [6.07, 6.45) is 0.339. The van der Waals surface area contributed by atoms with Gasteiger partial charge in [-0.25, -0.2) is 26.7 Å². The monoisotopic (exact) mass is 373 g/mol. The molecule has 2 rings (SSSR count). The molecule has 0 aliphatic rings. The molecule has 1 aromatic carbocycles. The fourth-order valence-electron chi connectivity index (χ4n) is 2.18. The number of nitrogens with zero attached hydrogens (tertiary/aromatic N) is 1. The molecule has 136 valence electrons. The zero-order valence-electron chi connectivity index (χ0n) is 13.6. The summed E-state index contributed by atoms with van der Waals surface area (Å²) in [6.45, 7) is 3.01. The van der Waals surface area contributed by atoms with Crippen molar-refractivity contribution < 1.29 is 26.7 Å². The molecule has 0 saturated carbocycles. The number of halogens is 2. The molecule has 25 heavy (non-hydrogen) atoms. The molecular formula is C15H17F2N3O4S. The van der Waals surface area contributed by atoms with Gasteiger partial charge in [-0.15, -0.1) is 0 Å². The van der Waals surface area contributed by atoms with Gasteiger partial charge >= 0.3 is 5.97 Å². The standard InChI is InChI=1S/C15H17F2N3O4S/c1-3-12-13(15(21)24-4-2)14(20-19-12)25(22,23)18-8-9-5-10(16)7-11(17)6-9/h5-7,18H,3-4,8H2,1-2H3,(H,19,20). The van der Waals surface area contributed by atoms with Crippen molar-refractivity contribution in [3.05, 3.63) is 46.7 Å². The molecule has 7 nitrogen and oxygen atoms in total. The van der Waals surface area contributed by atoms with Crippen LogP contribution in [0.5, 0.6) is 0 Å². The highest BCUT2D eigenvalue weighted by Gasteiger charge is 2.29. The Balaban J connectivity index is 2.30. The topological polar surface area (TPSA) is 101 Å². The number of aromatic amines is 1. The molecule has 10 heteroatoms.